The van der Waals surface area contributed by atoms with Gasteiger partial charge in [-0.2, -0.15) is 5.10 Å². The SMILES string of the molecule is Cc1c(S(=O)(=O)Nc2ncc(-c3cncc(F)c3)cn2)cnn1-c1ccc(Cl)cc1. The Kier molecular flexibility index (Phi) is 5.18. The molecule has 3 aromatic heterocycles. The minimum Gasteiger partial charge on any atom is -0.261 e. The number of sulfonamides is 1. The number of hydrogen-bond donors (Lipinski definition) is 1. The minimum atomic E-state index is -3.98. The number of aromatic nitrogens is 5. The second kappa shape index (κ2) is 7.81. The molecule has 11 heteroatoms. The third kappa shape index (κ3) is 4.00. The summed E-state index contributed by atoms with van der Waals surface area (Å²) in [7, 11) is -3.98. The molecule has 0 saturated carbocycles. The molecule has 1 N–H and O–H groups in total. The summed E-state index contributed by atoms with van der Waals surface area (Å²) in [5, 5.41) is 4.72. The van der Waals surface area contributed by atoms with Crippen LogP contribution in [0.2, 0.25) is 5.02 Å². The van der Waals surface area contributed by atoms with E-state index in [9.17, 15) is 12.8 Å². The van der Waals surface area contributed by atoms with E-state index >= 15 is 0 Å². The van der Waals surface area contributed by atoms with Crippen LogP contribution in [0, 0.1) is 12.7 Å². The fourth-order valence-electron chi connectivity index (χ4n) is 2.78. The summed E-state index contributed by atoms with van der Waals surface area (Å²) in [5.74, 6) is -0.618. The Morgan fingerprint density at radius 3 is 2.37 bits per heavy atom. The van der Waals surface area contributed by atoms with E-state index in [1.54, 1.807) is 31.2 Å². The first-order valence-corrected chi connectivity index (χ1v) is 10.5. The highest BCUT2D eigenvalue weighted by Crippen LogP contribution is 2.22. The first-order valence-electron chi connectivity index (χ1n) is 8.60. The summed E-state index contributed by atoms with van der Waals surface area (Å²) >= 11 is 5.89. The zero-order valence-electron chi connectivity index (χ0n) is 15.5. The van der Waals surface area contributed by atoms with Crippen molar-refractivity contribution in [3.63, 3.8) is 0 Å². The average molecular weight is 445 g/mol. The summed E-state index contributed by atoms with van der Waals surface area (Å²) in [5.41, 5.74) is 2.05. The molecule has 1 aromatic carbocycles. The number of anilines is 1. The maximum atomic E-state index is 13.3. The molecule has 0 aliphatic heterocycles. The van der Waals surface area contributed by atoms with Gasteiger partial charge in [-0.3, -0.25) is 4.98 Å². The maximum Gasteiger partial charge on any atom is 0.267 e. The highest BCUT2D eigenvalue weighted by Gasteiger charge is 2.22. The van der Waals surface area contributed by atoms with Crippen molar-refractivity contribution < 1.29 is 12.8 Å². The molecule has 0 aliphatic rings. The van der Waals surface area contributed by atoms with Crippen molar-refractivity contribution in [2.75, 3.05) is 4.72 Å². The van der Waals surface area contributed by atoms with E-state index in [1.807, 2.05) is 0 Å². The lowest BCUT2D eigenvalue weighted by Crippen LogP contribution is -2.16. The van der Waals surface area contributed by atoms with Crippen molar-refractivity contribution >= 4 is 27.6 Å². The van der Waals surface area contributed by atoms with Crippen molar-refractivity contribution in [2.45, 2.75) is 11.8 Å². The molecule has 0 saturated heterocycles. The van der Waals surface area contributed by atoms with Crippen LogP contribution < -0.4 is 4.72 Å². The Labute approximate surface area is 176 Å². The first kappa shape index (κ1) is 19.9. The Bertz CT molecular complexity index is 1310. The molecular weight excluding hydrogens is 431 g/mol. The Morgan fingerprint density at radius 1 is 1.00 bits per heavy atom. The fraction of sp³-hybridized carbons (Fsp3) is 0.0526. The van der Waals surface area contributed by atoms with Gasteiger partial charge in [0.15, 0.2) is 0 Å². The highest BCUT2D eigenvalue weighted by atomic mass is 35.5. The molecule has 30 heavy (non-hydrogen) atoms. The highest BCUT2D eigenvalue weighted by molar-refractivity contribution is 7.92. The quantitative estimate of drug-likeness (QED) is 0.504. The molecule has 0 radical (unpaired) electrons. The standard InChI is InChI=1S/C19H14ClFN6O2S/c1-12-18(11-25-27(12)17-4-2-15(20)3-5-17)30(28,29)26-19-23-8-14(9-24-19)13-6-16(21)10-22-7-13/h2-11H,1H3,(H,23,24,26). The van der Waals surface area contributed by atoms with Gasteiger partial charge in [0.2, 0.25) is 5.95 Å². The predicted octanol–water partition coefficient (Wildman–Crippen LogP) is 3.63. The molecule has 0 atom stereocenters. The van der Waals surface area contributed by atoms with Crippen molar-refractivity contribution in [1.82, 2.24) is 24.7 Å². The molecule has 0 bridgehead atoms. The van der Waals surface area contributed by atoms with Gasteiger partial charge in [0.1, 0.15) is 10.7 Å². The van der Waals surface area contributed by atoms with Crippen LogP contribution in [-0.2, 0) is 10.0 Å². The van der Waals surface area contributed by atoms with E-state index in [0.29, 0.717) is 27.5 Å². The van der Waals surface area contributed by atoms with E-state index in [0.717, 1.165) is 6.20 Å². The van der Waals surface area contributed by atoms with E-state index in [2.05, 4.69) is 24.8 Å². The van der Waals surface area contributed by atoms with Gasteiger partial charge in [-0.15, -0.1) is 0 Å². The topological polar surface area (TPSA) is 103 Å². The Balaban J connectivity index is 1.58. The van der Waals surface area contributed by atoms with Gasteiger partial charge in [-0.05, 0) is 37.3 Å². The van der Waals surface area contributed by atoms with Crippen molar-refractivity contribution in [1.29, 1.82) is 0 Å². The van der Waals surface area contributed by atoms with Gasteiger partial charge in [-0.1, -0.05) is 11.6 Å². The Hall–Kier alpha value is -3.37. The van der Waals surface area contributed by atoms with Crippen molar-refractivity contribution in [3.8, 4) is 16.8 Å². The average Bonchev–Trinajstić information content (AvgIpc) is 3.11. The molecule has 8 nitrogen and oxygen atoms in total. The zero-order valence-corrected chi connectivity index (χ0v) is 17.1. The minimum absolute atomic E-state index is 0.0144. The monoisotopic (exact) mass is 444 g/mol. The summed E-state index contributed by atoms with van der Waals surface area (Å²) in [6.07, 6.45) is 6.55. The van der Waals surface area contributed by atoms with Gasteiger partial charge >= 0.3 is 0 Å². The van der Waals surface area contributed by atoms with Crippen LogP contribution in [0.3, 0.4) is 0 Å². The van der Waals surface area contributed by atoms with Crippen LogP contribution in [0.5, 0.6) is 0 Å². The van der Waals surface area contributed by atoms with Gasteiger partial charge in [0, 0.05) is 34.7 Å². The third-order valence-corrected chi connectivity index (χ3v) is 5.92. The molecular formula is C19H14ClFN6O2S. The van der Waals surface area contributed by atoms with E-state index < -0.39 is 15.8 Å². The van der Waals surface area contributed by atoms with Crippen molar-refractivity contribution in [2.24, 2.45) is 0 Å². The van der Waals surface area contributed by atoms with Crippen LogP contribution >= 0.6 is 11.6 Å². The van der Waals surface area contributed by atoms with Gasteiger partial charge < -0.3 is 0 Å². The number of nitrogens with zero attached hydrogens (tertiary/aromatic N) is 5. The van der Waals surface area contributed by atoms with Crippen LogP contribution in [-0.4, -0.2) is 33.2 Å². The molecule has 0 amide bonds. The van der Waals surface area contributed by atoms with Crippen LogP contribution in [0.1, 0.15) is 5.69 Å². The second-order valence-electron chi connectivity index (χ2n) is 6.28. The lowest BCUT2D eigenvalue weighted by molar-refractivity contribution is 0.600. The zero-order chi connectivity index (χ0) is 21.3. The molecule has 0 fully saturated rings. The summed E-state index contributed by atoms with van der Waals surface area (Å²) < 4.78 is 42.7. The van der Waals surface area contributed by atoms with Crippen LogP contribution in [0.4, 0.5) is 10.3 Å². The van der Waals surface area contributed by atoms with Crippen LogP contribution in [0.25, 0.3) is 16.8 Å². The number of hydrogen-bond acceptors (Lipinski definition) is 6. The van der Waals surface area contributed by atoms with E-state index in [-0.39, 0.29) is 10.8 Å². The molecule has 4 rings (SSSR count). The molecule has 0 unspecified atom stereocenters. The largest absolute Gasteiger partial charge is 0.267 e. The number of rotatable bonds is 5. The smallest absolute Gasteiger partial charge is 0.261 e. The number of benzene rings is 1. The predicted molar refractivity (Wildman–Crippen MR) is 109 cm³/mol. The van der Waals surface area contributed by atoms with E-state index in [1.165, 1.54) is 35.5 Å². The maximum absolute atomic E-state index is 13.3. The molecule has 0 aliphatic carbocycles. The molecule has 152 valence electrons. The molecule has 4 aromatic rings. The van der Waals surface area contributed by atoms with E-state index in [4.69, 9.17) is 11.6 Å². The normalized spacial score (nSPS) is 11.4. The summed E-state index contributed by atoms with van der Waals surface area (Å²) in [6.45, 7) is 1.64. The van der Waals surface area contributed by atoms with Crippen molar-refractivity contribution in [3.05, 3.63) is 77.8 Å². The van der Waals surface area contributed by atoms with Gasteiger partial charge in [0.25, 0.3) is 10.0 Å². The first-order chi connectivity index (χ1) is 14.3. The van der Waals surface area contributed by atoms with Gasteiger partial charge in [0.05, 0.1) is 23.8 Å². The number of nitrogens with one attached hydrogen (secondary N) is 1. The second-order valence-corrected chi connectivity index (χ2v) is 8.36. The fourth-order valence-corrected chi connectivity index (χ4v) is 4.02. The number of halogens is 2. The third-order valence-electron chi connectivity index (χ3n) is 4.24. The lowest BCUT2D eigenvalue weighted by atomic mass is 10.1. The summed E-state index contributed by atoms with van der Waals surface area (Å²) in [4.78, 5) is 11.8. The lowest BCUT2D eigenvalue weighted by Gasteiger charge is -2.08. The molecule has 3 heterocycles. The summed E-state index contributed by atoms with van der Waals surface area (Å²) in [6, 6.07) is 8.12. The molecule has 0 spiro atoms. The van der Waals surface area contributed by atoms with Crippen LogP contribution in [0.15, 0.2) is 66.2 Å². The Morgan fingerprint density at radius 2 is 1.70 bits per heavy atom. The number of pyridine rings is 1. The van der Waals surface area contributed by atoms with Gasteiger partial charge in [-0.25, -0.2) is 32.2 Å².